The van der Waals surface area contributed by atoms with Gasteiger partial charge in [0.15, 0.2) is 0 Å². The van der Waals surface area contributed by atoms with Crippen LogP contribution in [0.1, 0.15) is 34.6 Å². The molecule has 84 valence electrons. The van der Waals surface area contributed by atoms with Crippen LogP contribution in [0.25, 0.3) is 0 Å². The first-order valence-electron chi connectivity index (χ1n) is 4.88. The molecule has 1 aliphatic rings. The molecular weight excluding hydrogens is 194 g/mol. The summed E-state index contributed by atoms with van der Waals surface area (Å²) in [5, 5.41) is 9.07. The molecule has 0 atom stereocenters. The van der Waals surface area contributed by atoms with E-state index in [1.807, 2.05) is 13.8 Å². The van der Waals surface area contributed by atoms with Crippen molar-refractivity contribution in [1.82, 2.24) is 4.90 Å². The highest BCUT2D eigenvalue weighted by Gasteiger charge is 2.49. The van der Waals surface area contributed by atoms with Gasteiger partial charge >= 0.3 is 5.97 Å². The summed E-state index contributed by atoms with van der Waals surface area (Å²) in [7, 11) is 0. The maximum absolute atomic E-state index is 11.5. The highest BCUT2D eigenvalue weighted by Crippen LogP contribution is 2.39. The van der Waals surface area contributed by atoms with Crippen molar-refractivity contribution in [2.45, 2.75) is 45.7 Å². The molecule has 4 heteroatoms. The summed E-state index contributed by atoms with van der Waals surface area (Å²) in [6.07, 6.45) is 1.65. The minimum atomic E-state index is -0.961. The normalized spacial score (nSPS) is 22.5. The number of nitrogens with zero attached hydrogens (tertiary/aromatic N) is 1. The van der Waals surface area contributed by atoms with Gasteiger partial charge < -0.3 is 10.0 Å². The molecule has 1 amide bonds. The van der Waals surface area contributed by atoms with Crippen LogP contribution in [0, 0.1) is 0 Å². The average molecular weight is 211 g/mol. The lowest BCUT2D eigenvalue weighted by molar-refractivity contribution is -0.138. The zero-order valence-electron chi connectivity index (χ0n) is 9.79. The van der Waals surface area contributed by atoms with Gasteiger partial charge in [-0.1, -0.05) is 0 Å². The van der Waals surface area contributed by atoms with E-state index in [4.69, 9.17) is 5.11 Å². The van der Waals surface area contributed by atoms with Gasteiger partial charge in [0, 0.05) is 6.92 Å². The summed E-state index contributed by atoms with van der Waals surface area (Å²) >= 11 is 0. The van der Waals surface area contributed by atoms with E-state index >= 15 is 0 Å². The zero-order chi connectivity index (χ0) is 12.0. The second-order valence-corrected chi connectivity index (χ2v) is 4.93. The van der Waals surface area contributed by atoms with Gasteiger partial charge in [0.05, 0.1) is 16.7 Å². The van der Waals surface area contributed by atoms with E-state index in [1.54, 1.807) is 24.8 Å². The van der Waals surface area contributed by atoms with Crippen molar-refractivity contribution in [3.63, 3.8) is 0 Å². The van der Waals surface area contributed by atoms with E-state index in [9.17, 15) is 9.59 Å². The topological polar surface area (TPSA) is 57.6 Å². The van der Waals surface area contributed by atoms with Crippen LogP contribution in [0.4, 0.5) is 0 Å². The first kappa shape index (κ1) is 11.8. The monoisotopic (exact) mass is 211 g/mol. The van der Waals surface area contributed by atoms with Gasteiger partial charge in [0.1, 0.15) is 0 Å². The Bertz CT molecular complexity index is 353. The SMILES string of the molecule is CC(=O)N1C(C)(C)C=C(C(=O)O)C1(C)C. The molecule has 0 radical (unpaired) electrons. The van der Waals surface area contributed by atoms with Crippen molar-refractivity contribution in [3.05, 3.63) is 11.6 Å². The molecule has 0 aromatic carbocycles. The van der Waals surface area contributed by atoms with Gasteiger partial charge in [0.25, 0.3) is 0 Å². The molecule has 0 saturated heterocycles. The van der Waals surface area contributed by atoms with Crippen molar-refractivity contribution in [2.24, 2.45) is 0 Å². The Balaban J connectivity index is 3.29. The Labute approximate surface area is 89.6 Å². The van der Waals surface area contributed by atoms with Gasteiger partial charge in [-0.3, -0.25) is 4.79 Å². The van der Waals surface area contributed by atoms with Gasteiger partial charge in [-0.05, 0) is 33.8 Å². The van der Waals surface area contributed by atoms with Crippen LogP contribution < -0.4 is 0 Å². The van der Waals surface area contributed by atoms with Crippen molar-refractivity contribution < 1.29 is 14.7 Å². The molecule has 0 fully saturated rings. The number of carboxylic acids is 1. The molecule has 0 aliphatic carbocycles. The number of amides is 1. The second-order valence-electron chi connectivity index (χ2n) is 4.93. The second kappa shape index (κ2) is 3.08. The predicted octanol–water partition coefficient (Wildman–Crippen LogP) is 1.42. The van der Waals surface area contributed by atoms with E-state index in [0.29, 0.717) is 0 Å². The van der Waals surface area contributed by atoms with E-state index in [-0.39, 0.29) is 11.5 Å². The smallest absolute Gasteiger partial charge is 0.333 e. The van der Waals surface area contributed by atoms with Gasteiger partial charge in [-0.25, -0.2) is 4.79 Å². The molecule has 0 spiro atoms. The third-order valence-corrected chi connectivity index (χ3v) is 2.84. The molecule has 1 aliphatic heterocycles. The molecule has 1 rings (SSSR count). The van der Waals surface area contributed by atoms with E-state index in [0.717, 1.165) is 0 Å². The number of hydrogen-bond acceptors (Lipinski definition) is 2. The highest BCUT2D eigenvalue weighted by atomic mass is 16.4. The van der Waals surface area contributed by atoms with Crippen LogP contribution in [0.3, 0.4) is 0 Å². The predicted molar refractivity (Wildman–Crippen MR) is 56.4 cm³/mol. The Kier molecular flexibility index (Phi) is 2.42. The van der Waals surface area contributed by atoms with Crippen LogP contribution in [-0.2, 0) is 9.59 Å². The van der Waals surface area contributed by atoms with Gasteiger partial charge in [0.2, 0.25) is 5.91 Å². The van der Waals surface area contributed by atoms with Crippen LogP contribution in [-0.4, -0.2) is 33.0 Å². The maximum Gasteiger partial charge on any atom is 0.333 e. The molecule has 0 aromatic heterocycles. The van der Waals surface area contributed by atoms with Crippen molar-refractivity contribution in [3.8, 4) is 0 Å². The molecule has 0 aromatic rings. The number of carboxylic acid groups (broad SMARTS) is 1. The minimum Gasteiger partial charge on any atom is -0.478 e. The lowest BCUT2D eigenvalue weighted by atomic mass is 9.95. The summed E-state index contributed by atoms with van der Waals surface area (Å²) in [6.45, 7) is 8.65. The van der Waals surface area contributed by atoms with Gasteiger partial charge in [-0.15, -0.1) is 0 Å². The quantitative estimate of drug-likeness (QED) is 0.713. The van der Waals surface area contributed by atoms with E-state index in [1.165, 1.54) is 6.92 Å². The minimum absolute atomic E-state index is 0.113. The van der Waals surface area contributed by atoms with Crippen LogP contribution in [0.5, 0.6) is 0 Å². The number of aliphatic carboxylic acids is 1. The fourth-order valence-electron chi connectivity index (χ4n) is 2.56. The summed E-state index contributed by atoms with van der Waals surface area (Å²) in [6, 6.07) is 0. The molecule has 0 bridgehead atoms. The van der Waals surface area contributed by atoms with E-state index < -0.39 is 17.0 Å². The van der Waals surface area contributed by atoms with Crippen LogP contribution >= 0.6 is 0 Å². The number of rotatable bonds is 1. The fourth-order valence-corrected chi connectivity index (χ4v) is 2.56. The molecule has 1 heterocycles. The van der Waals surface area contributed by atoms with Crippen LogP contribution in [0.2, 0.25) is 0 Å². The standard InChI is InChI=1S/C11H17NO3/c1-7(13)12-10(2,3)6-8(9(14)15)11(12,4)5/h6H,1-5H3,(H,14,15). The lowest BCUT2D eigenvalue weighted by Crippen LogP contribution is -2.53. The molecule has 0 unspecified atom stereocenters. The first-order valence-corrected chi connectivity index (χ1v) is 4.88. The molecule has 0 saturated carbocycles. The first-order chi connectivity index (χ1) is 6.60. The number of hydrogen-bond donors (Lipinski definition) is 1. The molecule has 4 nitrogen and oxygen atoms in total. The van der Waals surface area contributed by atoms with Crippen molar-refractivity contribution >= 4 is 11.9 Å². The summed E-state index contributed by atoms with van der Waals surface area (Å²) in [5.41, 5.74) is -1.01. The Hall–Kier alpha value is -1.32. The maximum atomic E-state index is 11.5. The molecular formula is C11H17NO3. The zero-order valence-corrected chi connectivity index (χ0v) is 9.79. The summed E-state index contributed by atoms with van der Waals surface area (Å²) in [4.78, 5) is 24.2. The number of carbonyl (C=O) groups is 2. The summed E-state index contributed by atoms with van der Waals surface area (Å²) in [5.74, 6) is -1.07. The van der Waals surface area contributed by atoms with Crippen LogP contribution in [0.15, 0.2) is 11.6 Å². The highest BCUT2D eigenvalue weighted by molar-refractivity contribution is 5.93. The lowest BCUT2D eigenvalue weighted by Gasteiger charge is -2.40. The van der Waals surface area contributed by atoms with Crippen molar-refractivity contribution in [1.29, 1.82) is 0 Å². The van der Waals surface area contributed by atoms with E-state index in [2.05, 4.69) is 0 Å². The van der Waals surface area contributed by atoms with Crippen molar-refractivity contribution in [2.75, 3.05) is 0 Å². The third-order valence-electron chi connectivity index (χ3n) is 2.84. The summed E-state index contributed by atoms with van der Waals surface area (Å²) < 4.78 is 0. The Morgan fingerprint density at radius 1 is 1.27 bits per heavy atom. The molecule has 15 heavy (non-hydrogen) atoms. The van der Waals surface area contributed by atoms with Gasteiger partial charge in [-0.2, -0.15) is 0 Å². The average Bonchev–Trinajstić information content (AvgIpc) is 2.15. The largest absolute Gasteiger partial charge is 0.478 e. The third kappa shape index (κ3) is 1.64. The Morgan fingerprint density at radius 3 is 1.93 bits per heavy atom. The fraction of sp³-hybridized carbons (Fsp3) is 0.636. The number of carbonyl (C=O) groups excluding carboxylic acids is 1. The molecule has 1 N–H and O–H groups in total. The Morgan fingerprint density at radius 2 is 1.73 bits per heavy atom.